The van der Waals surface area contributed by atoms with Crippen molar-refractivity contribution in [3.63, 3.8) is 0 Å². The number of esters is 1. The number of para-hydroxylation sites is 1. The van der Waals surface area contributed by atoms with Crippen LogP contribution in [0.1, 0.15) is 20.3 Å². The first-order valence-corrected chi connectivity index (χ1v) is 6.50. The van der Waals surface area contributed by atoms with Crippen LogP contribution in [0.15, 0.2) is 29.1 Å². The molecule has 6 heteroatoms. The number of benzene rings is 1. The highest BCUT2D eigenvalue weighted by Crippen LogP contribution is 2.16. The van der Waals surface area contributed by atoms with E-state index in [-0.39, 0.29) is 12.4 Å². The second kappa shape index (κ2) is 7.93. The summed E-state index contributed by atoms with van der Waals surface area (Å²) in [6.45, 7) is 4.37. The Labute approximate surface area is 117 Å². The van der Waals surface area contributed by atoms with Crippen LogP contribution in [0.5, 0.6) is 0 Å². The second-order valence-corrected chi connectivity index (χ2v) is 3.69. The Bertz CT molecular complexity index is 622. The molecule has 2 aromatic rings. The van der Waals surface area contributed by atoms with Crippen LogP contribution in [-0.2, 0) is 9.53 Å². The molecule has 0 radical (unpaired) electrons. The number of nitrogens with zero attached hydrogens (tertiary/aromatic N) is 1. The van der Waals surface area contributed by atoms with E-state index >= 15 is 0 Å². The molecular weight excluding hydrogens is 258 g/mol. The van der Waals surface area contributed by atoms with Crippen molar-refractivity contribution in [3.8, 4) is 0 Å². The molecule has 1 aromatic carbocycles. The van der Waals surface area contributed by atoms with Gasteiger partial charge in [0.25, 0.3) is 0 Å². The topological polar surface area (TPSA) is 84.1 Å². The molecule has 1 aromatic heterocycles. The molecule has 108 valence electrons. The fourth-order valence-corrected chi connectivity index (χ4v) is 1.62. The van der Waals surface area contributed by atoms with E-state index in [1.54, 1.807) is 6.07 Å². The van der Waals surface area contributed by atoms with Gasteiger partial charge in [-0.05, 0) is 12.1 Å². The van der Waals surface area contributed by atoms with Gasteiger partial charge in [-0.2, -0.15) is 4.98 Å². The van der Waals surface area contributed by atoms with Gasteiger partial charge in [0.1, 0.15) is 5.82 Å². The highest BCUT2D eigenvalue weighted by atomic mass is 16.5. The molecule has 0 unspecified atom stereocenters. The standard InChI is InChI=1S/C12H13N3O3.C2H6/c1-18-10(16)6-7-13-11-8-4-2-3-5-9(8)14-12(17)15-11;1-2/h2-5H,6-7H2,1H3,(H2,13,14,15,17);1-2H3. The summed E-state index contributed by atoms with van der Waals surface area (Å²) in [4.78, 5) is 28.8. The zero-order chi connectivity index (χ0) is 15.0. The third kappa shape index (κ3) is 4.08. The minimum absolute atomic E-state index is 0.222. The predicted molar refractivity (Wildman–Crippen MR) is 78.8 cm³/mol. The summed E-state index contributed by atoms with van der Waals surface area (Å²) in [5.74, 6) is 0.162. The molecular formula is C14H19N3O3. The van der Waals surface area contributed by atoms with Crippen molar-refractivity contribution in [2.45, 2.75) is 20.3 Å². The fourth-order valence-electron chi connectivity index (χ4n) is 1.62. The number of H-pyrrole nitrogens is 1. The van der Waals surface area contributed by atoms with Crippen LogP contribution >= 0.6 is 0 Å². The van der Waals surface area contributed by atoms with Gasteiger partial charge in [0, 0.05) is 11.9 Å². The number of aromatic nitrogens is 2. The number of aromatic amines is 1. The largest absolute Gasteiger partial charge is 0.469 e. The van der Waals surface area contributed by atoms with Crippen molar-refractivity contribution in [1.29, 1.82) is 0 Å². The molecule has 0 fully saturated rings. The Morgan fingerprint density at radius 1 is 1.35 bits per heavy atom. The number of ether oxygens (including phenoxy) is 1. The number of carbonyl (C=O) groups is 1. The van der Waals surface area contributed by atoms with Gasteiger partial charge in [-0.25, -0.2) is 4.79 Å². The Hall–Kier alpha value is -2.37. The van der Waals surface area contributed by atoms with Crippen molar-refractivity contribution in [2.75, 3.05) is 19.0 Å². The molecule has 20 heavy (non-hydrogen) atoms. The van der Waals surface area contributed by atoms with Crippen molar-refractivity contribution < 1.29 is 9.53 Å². The van der Waals surface area contributed by atoms with Gasteiger partial charge in [0.15, 0.2) is 0 Å². The number of carbonyl (C=O) groups excluding carboxylic acids is 1. The van der Waals surface area contributed by atoms with Crippen LogP contribution in [0.3, 0.4) is 0 Å². The van der Waals surface area contributed by atoms with Crippen LogP contribution in [-0.4, -0.2) is 29.6 Å². The van der Waals surface area contributed by atoms with E-state index in [1.165, 1.54) is 7.11 Å². The minimum atomic E-state index is -0.422. The van der Waals surface area contributed by atoms with Crippen LogP contribution in [0.25, 0.3) is 10.9 Å². The van der Waals surface area contributed by atoms with Gasteiger partial charge in [-0.1, -0.05) is 26.0 Å². The maximum atomic E-state index is 11.4. The molecule has 0 aliphatic heterocycles. The lowest BCUT2D eigenvalue weighted by Gasteiger charge is -2.07. The van der Waals surface area contributed by atoms with E-state index in [2.05, 4.69) is 20.0 Å². The fraction of sp³-hybridized carbons (Fsp3) is 0.357. The highest BCUT2D eigenvalue weighted by Gasteiger charge is 2.05. The molecule has 0 spiro atoms. The molecule has 0 saturated heterocycles. The van der Waals surface area contributed by atoms with Crippen molar-refractivity contribution in [1.82, 2.24) is 9.97 Å². The third-order valence-electron chi connectivity index (χ3n) is 2.49. The van der Waals surface area contributed by atoms with E-state index in [1.807, 2.05) is 32.0 Å². The molecule has 0 aliphatic rings. The maximum absolute atomic E-state index is 11.4. The average Bonchev–Trinajstić information content (AvgIpc) is 2.48. The maximum Gasteiger partial charge on any atom is 0.347 e. The first kappa shape index (κ1) is 15.7. The molecule has 1 heterocycles. The monoisotopic (exact) mass is 277 g/mol. The highest BCUT2D eigenvalue weighted by molar-refractivity contribution is 5.88. The van der Waals surface area contributed by atoms with Crippen LogP contribution in [0.4, 0.5) is 5.82 Å². The summed E-state index contributed by atoms with van der Waals surface area (Å²) in [5, 5.41) is 3.77. The number of hydrogen-bond acceptors (Lipinski definition) is 5. The van der Waals surface area contributed by atoms with E-state index in [4.69, 9.17) is 0 Å². The number of hydrogen-bond donors (Lipinski definition) is 2. The van der Waals surface area contributed by atoms with Crippen LogP contribution in [0.2, 0.25) is 0 Å². The van der Waals surface area contributed by atoms with Gasteiger partial charge in [-0.15, -0.1) is 0 Å². The van der Waals surface area contributed by atoms with E-state index in [0.717, 1.165) is 5.39 Å². The smallest absolute Gasteiger partial charge is 0.347 e. The Morgan fingerprint density at radius 2 is 2.05 bits per heavy atom. The summed E-state index contributed by atoms with van der Waals surface area (Å²) in [6.07, 6.45) is 0.222. The molecule has 6 nitrogen and oxygen atoms in total. The SMILES string of the molecule is CC.COC(=O)CCNc1nc(=O)[nH]c2ccccc12. The van der Waals surface area contributed by atoms with Crippen LogP contribution in [0, 0.1) is 0 Å². The van der Waals surface area contributed by atoms with E-state index in [0.29, 0.717) is 17.9 Å². The summed E-state index contributed by atoms with van der Waals surface area (Å²) >= 11 is 0. The molecule has 0 bridgehead atoms. The Morgan fingerprint density at radius 3 is 2.75 bits per heavy atom. The second-order valence-electron chi connectivity index (χ2n) is 3.69. The lowest BCUT2D eigenvalue weighted by Crippen LogP contribution is -2.16. The predicted octanol–water partition coefficient (Wildman–Crippen LogP) is 1.92. The number of methoxy groups -OCH3 is 1. The molecule has 0 atom stereocenters. The van der Waals surface area contributed by atoms with Crippen molar-refractivity contribution in [2.24, 2.45) is 0 Å². The zero-order valence-corrected chi connectivity index (χ0v) is 11.9. The molecule has 2 rings (SSSR count). The minimum Gasteiger partial charge on any atom is -0.469 e. The van der Waals surface area contributed by atoms with E-state index < -0.39 is 5.69 Å². The van der Waals surface area contributed by atoms with Gasteiger partial charge >= 0.3 is 11.7 Å². The summed E-state index contributed by atoms with van der Waals surface area (Å²) in [5.41, 5.74) is 0.285. The number of nitrogens with one attached hydrogen (secondary N) is 2. The van der Waals surface area contributed by atoms with E-state index in [9.17, 15) is 9.59 Å². The van der Waals surface area contributed by atoms with Crippen LogP contribution < -0.4 is 11.0 Å². The lowest BCUT2D eigenvalue weighted by molar-refractivity contribution is -0.140. The van der Waals surface area contributed by atoms with Gasteiger partial charge in [0.2, 0.25) is 0 Å². The number of fused-ring (bicyclic) bond motifs is 1. The normalized spacial score (nSPS) is 9.55. The quantitative estimate of drug-likeness (QED) is 0.834. The van der Waals surface area contributed by atoms with Gasteiger partial charge in [0.05, 0.1) is 19.0 Å². The Balaban J connectivity index is 0.000000956. The summed E-state index contributed by atoms with van der Waals surface area (Å²) in [6, 6.07) is 7.33. The first-order chi connectivity index (χ1) is 9.70. The van der Waals surface area contributed by atoms with Crippen molar-refractivity contribution in [3.05, 3.63) is 34.7 Å². The Kier molecular flexibility index (Phi) is 6.22. The molecule has 0 saturated carbocycles. The summed E-state index contributed by atoms with van der Waals surface area (Å²) < 4.78 is 4.53. The molecule has 0 aliphatic carbocycles. The van der Waals surface area contributed by atoms with Crippen molar-refractivity contribution >= 4 is 22.7 Å². The third-order valence-corrected chi connectivity index (χ3v) is 2.49. The number of rotatable bonds is 4. The summed E-state index contributed by atoms with van der Waals surface area (Å²) in [7, 11) is 1.34. The zero-order valence-electron chi connectivity index (χ0n) is 11.9. The molecule has 0 amide bonds. The number of anilines is 1. The molecule has 2 N–H and O–H groups in total. The lowest BCUT2D eigenvalue weighted by atomic mass is 10.2. The first-order valence-electron chi connectivity index (χ1n) is 6.50. The van der Waals surface area contributed by atoms with Gasteiger partial charge < -0.3 is 15.0 Å². The average molecular weight is 277 g/mol. The van der Waals surface area contributed by atoms with Gasteiger partial charge in [-0.3, -0.25) is 4.79 Å².